The Morgan fingerprint density at radius 1 is 1.45 bits per heavy atom. The van der Waals surface area contributed by atoms with E-state index in [-0.39, 0.29) is 12.5 Å². The van der Waals surface area contributed by atoms with Crippen LogP contribution in [0.25, 0.3) is 0 Å². The summed E-state index contributed by atoms with van der Waals surface area (Å²) in [6.07, 6.45) is 3.39. The number of hydrogen-bond donors (Lipinski definition) is 2. The van der Waals surface area contributed by atoms with Crippen molar-refractivity contribution < 1.29 is 9.53 Å². The highest BCUT2D eigenvalue weighted by Gasteiger charge is 2.12. The third-order valence-electron chi connectivity index (χ3n) is 2.94. The highest BCUT2D eigenvalue weighted by atomic mass is 16.5. The molecule has 0 aliphatic carbocycles. The minimum Gasteiger partial charge on any atom is -0.378 e. The molecule has 0 unspecified atom stereocenters. The number of nitrogens with zero attached hydrogens (tertiary/aromatic N) is 2. The molecule has 0 atom stereocenters. The average molecular weight is 276 g/mol. The van der Waals surface area contributed by atoms with Gasteiger partial charge in [-0.3, -0.25) is 4.79 Å². The fraction of sp³-hybridized carbons (Fsp3) is 0.429. The van der Waals surface area contributed by atoms with Crippen LogP contribution in [0, 0.1) is 0 Å². The molecule has 1 aliphatic heterocycles. The van der Waals surface area contributed by atoms with E-state index in [4.69, 9.17) is 4.74 Å². The van der Waals surface area contributed by atoms with Crippen molar-refractivity contribution in [1.29, 1.82) is 0 Å². The van der Waals surface area contributed by atoms with E-state index in [9.17, 15) is 4.79 Å². The molecule has 1 fully saturated rings. The zero-order valence-electron chi connectivity index (χ0n) is 11.5. The van der Waals surface area contributed by atoms with Gasteiger partial charge in [0, 0.05) is 19.6 Å². The zero-order valence-corrected chi connectivity index (χ0v) is 11.5. The monoisotopic (exact) mass is 276 g/mol. The van der Waals surface area contributed by atoms with Gasteiger partial charge in [-0.2, -0.15) is 0 Å². The molecule has 6 nitrogen and oxygen atoms in total. The molecule has 0 radical (unpaired) electrons. The molecule has 1 amide bonds. The minimum absolute atomic E-state index is 0.0900. The summed E-state index contributed by atoms with van der Waals surface area (Å²) in [6.45, 7) is 7.62. The van der Waals surface area contributed by atoms with Crippen LogP contribution in [0.3, 0.4) is 0 Å². The maximum Gasteiger partial charge on any atom is 0.238 e. The zero-order chi connectivity index (χ0) is 14.2. The van der Waals surface area contributed by atoms with Gasteiger partial charge >= 0.3 is 0 Å². The van der Waals surface area contributed by atoms with Crippen molar-refractivity contribution in [3.63, 3.8) is 0 Å². The van der Waals surface area contributed by atoms with Gasteiger partial charge in [0.2, 0.25) is 5.91 Å². The van der Waals surface area contributed by atoms with E-state index >= 15 is 0 Å². The molecule has 0 saturated carbocycles. The van der Waals surface area contributed by atoms with Crippen LogP contribution in [0.5, 0.6) is 0 Å². The number of pyridine rings is 1. The third-order valence-corrected chi connectivity index (χ3v) is 2.94. The highest BCUT2D eigenvalue weighted by Crippen LogP contribution is 2.15. The fourth-order valence-electron chi connectivity index (χ4n) is 1.93. The van der Waals surface area contributed by atoms with Crippen LogP contribution in [0.15, 0.2) is 31.0 Å². The Bertz CT molecular complexity index is 441. The second kappa shape index (κ2) is 7.62. The van der Waals surface area contributed by atoms with Crippen LogP contribution in [0.1, 0.15) is 0 Å². The topological polar surface area (TPSA) is 66.5 Å². The van der Waals surface area contributed by atoms with Crippen molar-refractivity contribution in [3.8, 4) is 0 Å². The van der Waals surface area contributed by atoms with Crippen molar-refractivity contribution in [3.05, 3.63) is 31.0 Å². The smallest absolute Gasteiger partial charge is 0.238 e. The van der Waals surface area contributed by atoms with Crippen molar-refractivity contribution in [2.45, 2.75) is 0 Å². The van der Waals surface area contributed by atoms with E-state index in [0.29, 0.717) is 12.2 Å². The van der Waals surface area contributed by atoms with Crippen molar-refractivity contribution in [2.75, 3.05) is 49.6 Å². The predicted molar refractivity (Wildman–Crippen MR) is 79.0 cm³/mol. The fourth-order valence-corrected chi connectivity index (χ4v) is 1.93. The first-order chi connectivity index (χ1) is 9.79. The quantitative estimate of drug-likeness (QED) is 0.589. The molecule has 6 heteroatoms. The first-order valence-electron chi connectivity index (χ1n) is 6.70. The number of morpholine rings is 1. The number of carbonyl (C=O) groups excluding carboxylic acids is 1. The highest BCUT2D eigenvalue weighted by molar-refractivity contribution is 5.92. The second-order valence-corrected chi connectivity index (χ2v) is 4.47. The molecule has 108 valence electrons. The van der Waals surface area contributed by atoms with Gasteiger partial charge in [0.1, 0.15) is 5.82 Å². The summed E-state index contributed by atoms with van der Waals surface area (Å²) in [5, 5.41) is 5.74. The maximum atomic E-state index is 11.6. The summed E-state index contributed by atoms with van der Waals surface area (Å²) in [4.78, 5) is 18.1. The van der Waals surface area contributed by atoms with Gasteiger partial charge in [0.25, 0.3) is 0 Å². The van der Waals surface area contributed by atoms with Crippen LogP contribution in [-0.2, 0) is 9.53 Å². The molecule has 0 bridgehead atoms. The summed E-state index contributed by atoms with van der Waals surface area (Å²) in [7, 11) is 0. The second-order valence-electron chi connectivity index (χ2n) is 4.47. The number of carbonyl (C=O) groups is 1. The van der Waals surface area contributed by atoms with Crippen LogP contribution >= 0.6 is 0 Å². The molecule has 2 N–H and O–H groups in total. The lowest BCUT2D eigenvalue weighted by Gasteiger charge is -2.27. The third kappa shape index (κ3) is 4.32. The van der Waals surface area contributed by atoms with E-state index in [1.807, 2.05) is 12.1 Å². The number of nitrogens with one attached hydrogen (secondary N) is 2. The van der Waals surface area contributed by atoms with Crippen LogP contribution in [0.2, 0.25) is 0 Å². The maximum absolute atomic E-state index is 11.6. The van der Waals surface area contributed by atoms with Gasteiger partial charge in [-0.05, 0) is 12.1 Å². The number of aromatic nitrogens is 1. The van der Waals surface area contributed by atoms with Crippen molar-refractivity contribution in [1.82, 2.24) is 10.3 Å². The number of rotatable bonds is 6. The number of hydrogen-bond acceptors (Lipinski definition) is 5. The van der Waals surface area contributed by atoms with Crippen LogP contribution in [0.4, 0.5) is 11.5 Å². The predicted octanol–water partition coefficient (Wildman–Crippen LogP) is 0.632. The van der Waals surface area contributed by atoms with Gasteiger partial charge in [0.15, 0.2) is 0 Å². The SMILES string of the molecule is C=CCNCC(=O)Nc1ccc(N2CCOCC2)nc1. The molecule has 1 aromatic rings. The van der Waals surface area contributed by atoms with E-state index < -0.39 is 0 Å². The number of ether oxygens (including phenoxy) is 1. The lowest BCUT2D eigenvalue weighted by atomic mass is 10.3. The molecular weight excluding hydrogens is 256 g/mol. The Balaban J connectivity index is 1.84. The molecule has 20 heavy (non-hydrogen) atoms. The summed E-state index contributed by atoms with van der Waals surface area (Å²) in [5.74, 6) is 0.823. The molecule has 0 spiro atoms. The molecule has 2 rings (SSSR count). The Hall–Kier alpha value is -1.92. The van der Waals surface area contributed by atoms with Crippen LogP contribution in [-0.4, -0.2) is 50.3 Å². The van der Waals surface area contributed by atoms with E-state index in [1.54, 1.807) is 12.3 Å². The summed E-state index contributed by atoms with van der Waals surface area (Å²) in [6, 6.07) is 3.78. The number of amides is 1. The van der Waals surface area contributed by atoms with Gasteiger partial charge in [-0.15, -0.1) is 6.58 Å². The van der Waals surface area contributed by atoms with Crippen molar-refractivity contribution in [2.24, 2.45) is 0 Å². The van der Waals surface area contributed by atoms with Gasteiger partial charge in [-0.25, -0.2) is 4.98 Å². The normalized spacial score (nSPS) is 14.9. The Kier molecular flexibility index (Phi) is 5.52. The van der Waals surface area contributed by atoms with Crippen LogP contribution < -0.4 is 15.5 Å². The molecule has 1 saturated heterocycles. The summed E-state index contributed by atoms with van der Waals surface area (Å²) in [5.41, 5.74) is 0.701. The average Bonchev–Trinajstić information content (AvgIpc) is 2.49. The van der Waals surface area contributed by atoms with E-state index in [1.165, 1.54) is 0 Å². The Morgan fingerprint density at radius 2 is 2.25 bits per heavy atom. The molecular formula is C14H20N4O2. The molecule has 1 aliphatic rings. The Labute approximate surface area is 118 Å². The summed E-state index contributed by atoms with van der Waals surface area (Å²) >= 11 is 0. The summed E-state index contributed by atoms with van der Waals surface area (Å²) < 4.78 is 5.30. The van der Waals surface area contributed by atoms with Gasteiger partial charge in [-0.1, -0.05) is 6.08 Å². The Morgan fingerprint density at radius 3 is 2.90 bits per heavy atom. The lowest BCUT2D eigenvalue weighted by molar-refractivity contribution is -0.115. The van der Waals surface area contributed by atoms with Crippen molar-refractivity contribution >= 4 is 17.4 Å². The molecule has 1 aromatic heterocycles. The van der Waals surface area contributed by atoms with Gasteiger partial charge < -0.3 is 20.3 Å². The lowest BCUT2D eigenvalue weighted by Crippen LogP contribution is -2.36. The minimum atomic E-state index is -0.0900. The largest absolute Gasteiger partial charge is 0.378 e. The first kappa shape index (κ1) is 14.5. The standard InChI is InChI=1S/C14H20N4O2/c1-2-5-15-11-14(19)17-12-3-4-13(16-10-12)18-6-8-20-9-7-18/h2-4,10,15H,1,5-9,11H2,(H,17,19). The molecule has 0 aromatic carbocycles. The number of anilines is 2. The van der Waals surface area contributed by atoms with E-state index in [0.717, 1.165) is 32.1 Å². The van der Waals surface area contributed by atoms with Gasteiger partial charge in [0.05, 0.1) is 31.6 Å². The first-order valence-corrected chi connectivity index (χ1v) is 6.70. The van der Waals surface area contributed by atoms with E-state index in [2.05, 4.69) is 27.1 Å². The molecule has 2 heterocycles.